The number of thiophene rings is 1. The predicted molar refractivity (Wildman–Crippen MR) is 103 cm³/mol. The van der Waals surface area contributed by atoms with Crippen molar-refractivity contribution in [3.63, 3.8) is 0 Å². The molecule has 0 radical (unpaired) electrons. The van der Waals surface area contributed by atoms with Crippen molar-refractivity contribution < 1.29 is 4.74 Å². The van der Waals surface area contributed by atoms with Gasteiger partial charge in [-0.15, -0.1) is 11.3 Å². The molecule has 2 aromatic heterocycles. The van der Waals surface area contributed by atoms with Crippen LogP contribution in [0.4, 0.5) is 11.8 Å². The number of ether oxygens (including phenoxy) is 1. The van der Waals surface area contributed by atoms with Gasteiger partial charge in [-0.2, -0.15) is 4.98 Å². The van der Waals surface area contributed by atoms with Gasteiger partial charge in [0.2, 0.25) is 5.95 Å². The zero-order chi connectivity index (χ0) is 17.3. The Labute approximate surface area is 156 Å². The van der Waals surface area contributed by atoms with Crippen LogP contribution in [-0.4, -0.2) is 35.3 Å². The molecule has 4 heterocycles. The molecule has 25 heavy (non-hydrogen) atoms. The summed E-state index contributed by atoms with van der Waals surface area (Å²) >= 11 is 3.34. The van der Waals surface area contributed by atoms with Gasteiger partial charge in [0.15, 0.2) is 0 Å². The fourth-order valence-corrected chi connectivity index (χ4v) is 5.17. The molecule has 5 nitrogen and oxygen atoms in total. The number of aromatic nitrogens is 2. The predicted octanol–water partition coefficient (Wildman–Crippen LogP) is 3.98. The molecule has 0 bridgehead atoms. The molecule has 4 rings (SSSR count). The monoisotopic (exact) mass is 374 g/mol. The van der Waals surface area contributed by atoms with Gasteiger partial charge in [0.25, 0.3) is 0 Å². The first kappa shape index (κ1) is 16.9. The Bertz CT molecular complexity index is 767. The van der Waals surface area contributed by atoms with Crippen molar-refractivity contribution in [1.82, 2.24) is 9.97 Å². The third kappa shape index (κ3) is 3.83. The van der Waals surface area contributed by atoms with E-state index in [9.17, 15) is 0 Å². The topological polar surface area (TPSA) is 64.3 Å². The van der Waals surface area contributed by atoms with E-state index >= 15 is 0 Å². The van der Waals surface area contributed by atoms with Gasteiger partial charge in [0.05, 0.1) is 16.4 Å². The van der Waals surface area contributed by atoms with Gasteiger partial charge < -0.3 is 15.4 Å². The molecule has 2 aliphatic heterocycles. The lowest BCUT2D eigenvalue weighted by molar-refractivity contribution is -0.0326. The minimum atomic E-state index is -0.0774. The summed E-state index contributed by atoms with van der Waals surface area (Å²) in [5, 5.41) is 2.97. The Balaban J connectivity index is 1.49. The van der Waals surface area contributed by atoms with Crippen LogP contribution < -0.4 is 10.6 Å². The van der Waals surface area contributed by atoms with Gasteiger partial charge in [0, 0.05) is 19.2 Å². The Morgan fingerprint density at radius 2 is 2.16 bits per heavy atom. The highest BCUT2D eigenvalue weighted by molar-refractivity contribution is 8.01. The second kappa shape index (κ2) is 6.97. The molecule has 132 valence electrons. The standard InChI is InChI=1S/C18H22N4OS2/c1-13-4-9-23-18(12-13)5-7-22(8-6-18)14-11-15(21-17(19)20-14)25-16-3-2-10-24-16/h2-3,10-12H,4-9H2,1H3,(H2,19,20,21). The van der Waals surface area contributed by atoms with Crippen molar-refractivity contribution in [2.75, 3.05) is 30.3 Å². The number of hydrogen-bond acceptors (Lipinski definition) is 7. The lowest BCUT2D eigenvalue weighted by Gasteiger charge is -2.42. The van der Waals surface area contributed by atoms with E-state index in [4.69, 9.17) is 10.5 Å². The molecule has 0 amide bonds. The van der Waals surface area contributed by atoms with E-state index in [1.807, 2.05) is 12.1 Å². The van der Waals surface area contributed by atoms with Crippen molar-refractivity contribution >= 4 is 34.9 Å². The minimum absolute atomic E-state index is 0.0774. The average molecular weight is 375 g/mol. The second-order valence-corrected chi connectivity index (χ2v) is 8.87. The van der Waals surface area contributed by atoms with Gasteiger partial charge in [-0.1, -0.05) is 29.5 Å². The van der Waals surface area contributed by atoms with E-state index < -0.39 is 0 Å². The summed E-state index contributed by atoms with van der Waals surface area (Å²) < 4.78 is 7.32. The maximum atomic E-state index is 6.12. The second-order valence-electron chi connectivity index (χ2n) is 6.60. The molecule has 2 N–H and O–H groups in total. The average Bonchev–Trinajstić information content (AvgIpc) is 3.08. The van der Waals surface area contributed by atoms with Gasteiger partial charge >= 0.3 is 0 Å². The highest BCUT2D eigenvalue weighted by atomic mass is 32.2. The summed E-state index contributed by atoms with van der Waals surface area (Å²) in [6.45, 7) is 4.88. The molecule has 2 aliphatic rings. The van der Waals surface area contributed by atoms with Crippen LogP contribution in [0.2, 0.25) is 0 Å². The third-order valence-corrected chi connectivity index (χ3v) is 6.69. The SMILES string of the molecule is CC1=CC2(CCN(c3cc(Sc4cccs4)nc(N)n3)CC2)OCC1. The maximum Gasteiger partial charge on any atom is 0.223 e. The van der Waals surface area contributed by atoms with E-state index in [1.165, 1.54) is 9.78 Å². The molecule has 1 spiro atoms. The number of piperidine rings is 1. The van der Waals surface area contributed by atoms with Crippen LogP contribution in [0.3, 0.4) is 0 Å². The summed E-state index contributed by atoms with van der Waals surface area (Å²) in [4.78, 5) is 11.1. The summed E-state index contributed by atoms with van der Waals surface area (Å²) in [5.41, 5.74) is 7.32. The van der Waals surface area contributed by atoms with Crippen molar-refractivity contribution in [2.45, 2.75) is 41.0 Å². The number of rotatable bonds is 3. The summed E-state index contributed by atoms with van der Waals surface area (Å²) in [6, 6.07) is 6.18. The summed E-state index contributed by atoms with van der Waals surface area (Å²) in [5.74, 6) is 1.25. The number of nitrogen functional groups attached to an aromatic ring is 1. The Morgan fingerprint density at radius 1 is 1.32 bits per heavy atom. The van der Waals surface area contributed by atoms with Crippen LogP contribution in [-0.2, 0) is 4.74 Å². The Hall–Kier alpha value is -1.57. The first-order valence-electron chi connectivity index (χ1n) is 8.55. The van der Waals surface area contributed by atoms with Crippen LogP contribution >= 0.6 is 23.1 Å². The third-order valence-electron chi connectivity index (χ3n) is 4.74. The van der Waals surface area contributed by atoms with E-state index in [0.717, 1.165) is 49.8 Å². The van der Waals surface area contributed by atoms with Crippen LogP contribution in [0.1, 0.15) is 26.2 Å². The molecule has 7 heteroatoms. The van der Waals surface area contributed by atoms with Gasteiger partial charge in [-0.25, -0.2) is 4.98 Å². The number of hydrogen-bond donors (Lipinski definition) is 1. The van der Waals surface area contributed by atoms with Crippen LogP contribution in [0, 0.1) is 0 Å². The molecular weight excluding hydrogens is 352 g/mol. The molecule has 0 unspecified atom stereocenters. The van der Waals surface area contributed by atoms with Crippen molar-refractivity contribution in [1.29, 1.82) is 0 Å². The first-order chi connectivity index (χ1) is 12.1. The van der Waals surface area contributed by atoms with Crippen LogP contribution in [0.15, 0.2) is 44.5 Å². The molecule has 0 aliphatic carbocycles. The fraction of sp³-hybridized carbons (Fsp3) is 0.444. The highest BCUT2D eigenvalue weighted by Crippen LogP contribution is 2.36. The van der Waals surface area contributed by atoms with Crippen LogP contribution in [0.25, 0.3) is 0 Å². The quantitative estimate of drug-likeness (QED) is 0.648. The van der Waals surface area contributed by atoms with E-state index in [0.29, 0.717) is 5.95 Å². The zero-order valence-corrected chi connectivity index (χ0v) is 15.9. The molecular formula is C18H22N4OS2. The van der Waals surface area contributed by atoms with Crippen LogP contribution in [0.5, 0.6) is 0 Å². The zero-order valence-electron chi connectivity index (χ0n) is 14.3. The van der Waals surface area contributed by atoms with Crippen molar-refractivity contribution in [2.24, 2.45) is 0 Å². The molecule has 2 aromatic rings. The van der Waals surface area contributed by atoms with E-state index in [2.05, 4.69) is 39.3 Å². The first-order valence-corrected chi connectivity index (χ1v) is 10.2. The van der Waals surface area contributed by atoms with Gasteiger partial charge in [0.1, 0.15) is 10.8 Å². The van der Waals surface area contributed by atoms with Crippen molar-refractivity contribution in [3.05, 3.63) is 35.2 Å². The van der Waals surface area contributed by atoms with E-state index in [-0.39, 0.29) is 5.60 Å². The minimum Gasteiger partial charge on any atom is -0.370 e. The largest absolute Gasteiger partial charge is 0.370 e. The highest BCUT2D eigenvalue weighted by Gasteiger charge is 2.35. The molecule has 1 saturated heterocycles. The van der Waals surface area contributed by atoms with Crippen molar-refractivity contribution in [3.8, 4) is 0 Å². The molecule has 0 aromatic carbocycles. The number of anilines is 2. The van der Waals surface area contributed by atoms with E-state index in [1.54, 1.807) is 23.1 Å². The number of nitrogens with two attached hydrogens (primary N) is 1. The molecule has 0 atom stereocenters. The lowest BCUT2D eigenvalue weighted by atomic mass is 9.87. The smallest absolute Gasteiger partial charge is 0.223 e. The maximum absolute atomic E-state index is 6.12. The Morgan fingerprint density at radius 3 is 2.88 bits per heavy atom. The molecule has 0 saturated carbocycles. The fourth-order valence-electron chi connectivity index (χ4n) is 3.45. The summed E-state index contributed by atoms with van der Waals surface area (Å²) in [6.07, 6.45) is 5.36. The van der Waals surface area contributed by atoms with Gasteiger partial charge in [-0.3, -0.25) is 0 Å². The van der Waals surface area contributed by atoms with Gasteiger partial charge in [-0.05, 0) is 37.6 Å². The summed E-state index contributed by atoms with van der Waals surface area (Å²) in [7, 11) is 0. The molecule has 1 fully saturated rings. The normalized spacial score (nSPS) is 19.9. The lowest BCUT2D eigenvalue weighted by Crippen LogP contribution is -2.46. The Kier molecular flexibility index (Phi) is 4.71. The number of nitrogens with zero attached hydrogens (tertiary/aromatic N) is 3.